The van der Waals surface area contributed by atoms with Gasteiger partial charge in [-0.2, -0.15) is 0 Å². The summed E-state index contributed by atoms with van der Waals surface area (Å²) in [6.45, 7) is 35.6. The van der Waals surface area contributed by atoms with Crippen LogP contribution in [0.15, 0.2) is 0 Å². The molecule has 3 fully saturated rings. The Kier molecular flexibility index (Phi) is 25.2. The van der Waals surface area contributed by atoms with Crippen molar-refractivity contribution in [1.82, 2.24) is 19.6 Å². The predicted octanol–water partition coefficient (Wildman–Crippen LogP) is 8.76. The monoisotopic (exact) mass is 567 g/mol. The van der Waals surface area contributed by atoms with Crippen LogP contribution in [0.5, 0.6) is 0 Å². The molecule has 2 aliphatic heterocycles. The van der Waals surface area contributed by atoms with E-state index < -0.39 is 0 Å². The van der Waals surface area contributed by atoms with Gasteiger partial charge < -0.3 is 19.6 Å². The van der Waals surface area contributed by atoms with Gasteiger partial charge in [0.25, 0.3) is 0 Å². The number of piperidine rings is 1. The van der Waals surface area contributed by atoms with E-state index in [1.165, 1.54) is 130 Å². The molecule has 0 amide bonds. The molecule has 0 unspecified atom stereocenters. The summed E-state index contributed by atoms with van der Waals surface area (Å²) >= 11 is 0. The molecule has 4 nitrogen and oxygen atoms in total. The minimum Gasteiger partial charge on any atom is -0.304 e. The van der Waals surface area contributed by atoms with Crippen molar-refractivity contribution in [2.45, 2.75) is 139 Å². The lowest BCUT2D eigenvalue weighted by Crippen LogP contribution is -2.35. The van der Waals surface area contributed by atoms with Gasteiger partial charge in [0.15, 0.2) is 0 Å². The Morgan fingerprint density at radius 1 is 0.525 bits per heavy atom. The minimum atomic E-state index is 0.810. The Hall–Kier alpha value is -0.160. The Bertz CT molecular complexity index is 503. The first kappa shape index (κ1) is 39.8. The maximum absolute atomic E-state index is 2.59. The third kappa shape index (κ3) is 23.4. The summed E-state index contributed by atoms with van der Waals surface area (Å²) in [7, 11) is 2.29. The first-order chi connectivity index (χ1) is 19.0. The summed E-state index contributed by atoms with van der Waals surface area (Å²) in [5.74, 6) is 3.32. The molecule has 3 rings (SSSR count). The molecule has 2 heterocycles. The van der Waals surface area contributed by atoms with Gasteiger partial charge >= 0.3 is 0 Å². The Labute approximate surface area is 255 Å². The Morgan fingerprint density at radius 2 is 0.900 bits per heavy atom. The highest BCUT2D eigenvalue weighted by Crippen LogP contribution is 2.22. The highest BCUT2D eigenvalue weighted by atomic mass is 15.1. The van der Waals surface area contributed by atoms with Crippen molar-refractivity contribution in [2.75, 3.05) is 72.5 Å². The van der Waals surface area contributed by atoms with Crippen molar-refractivity contribution in [3.8, 4) is 0 Å². The molecule has 0 spiro atoms. The lowest BCUT2D eigenvalue weighted by atomic mass is 9.94. The molecule has 2 saturated heterocycles. The first-order valence-corrected chi connectivity index (χ1v) is 17.9. The second-order valence-corrected chi connectivity index (χ2v) is 14.7. The van der Waals surface area contributed by atoms with E-state index in [0.29, 0.717) is 0 Å². The topological polar surface area (TPSA) is 13.0 Å². The molecule has 0 bridgehead atoms. The molecule has 0 N–H and O–H groups in total. The second-order valence-electron chi connectivity index (χ2n) is 14.7. The van der Waals surface area contributed by atoms with Crippen LogP contribution in [0.2, 0.25) is 0 Å². The van der Waals surface area contributed by atoms with Gasteiger partial charge in [-0.15, -0.1) is 0 Å². The van der Waals surface area contributed by atoms with Crippen LogP contribution in [0.25, 0.3) is 0 Å². The summed E-state index contributed by atoms with van der Waals surface area (Å²) in [4.78, 5) is 10.2. The zero-order valence-electron chi connectivity index (χ0n) is 29.8. The Balaban J connectivity index is 0.000000511. The van der Waals surface area contributed by atoms with Crippen molar-refractivity contribution < 1.29 is 0 Å². The number of nitrogens with zero attached hydrogens (tertiary/aromatic N) is 4. The molecule has 242 valence electrons. The van der Waals surface area contributed by atoms with Crippen LogP contribution in [-0.4, -0.2) is 98.1 Å². The van der Waals surface area contributed by atoms with Crippen molar-refractivity contribution in [3.05, 3.63) is 0 Å². The number of rotatable bonds is 11. The van der Waals surface area contributed by atoms with E-state index in [1.54, 1.807) is 0 Å². The Morgan fingerprint density at radius 3 is 1.23 bits per heavy atom. The third-order valence-electron chi connectivity index (χ3n) is 8.26. The van der Waals surface area contributed by atoms with E-state index in [2.05, 4.69) is 95.9 Å². The zero-order valence-corrected chi connectivity index (χ0v) is 29.8. The van der Waals surface area contributed by atoms with Crippen LogP contribution in [0.3, 0.4) is 0 Å². The highest BCUT2D eigenvalue weighted by Gasteiger charge is 2.18. The minimum absolute atomic E-state index is 0.810. The van der Waals surface area contributed by atoms with E-state index in [9.17, 15) is 0 Å². The average molecular weight is 567 g/mol. The smallest absolute Gasteiger partial charge is 0.00923 e. The van der Waals surface area contributed by atoms with Crippen molar-refractivity contribution in [3.63, 3.8) is 0 Å². The number of hydrogen-bond donors (Lipinski definition) is 0. The van der Waals surface area contributed by atoms with E-state index in [4.69, 9.17) is 0 Å². The molecule has 4 heteroatoms. The van der Waals surface area contributed by atoms with Crippen LogP contribution in [0, 0.1) is 23.7 Å². The zero-order chi connectivity index (χ0) is 30.3. The lowest BCUT2D eigenvalue weighted by molar-refractivity contribution is 0.174. The molecule has 0 atom stereocenters. The summed E-state index contributed by atoms with van der Waals surface area (Å²) in [6.07, 6.45) is 14.4. The first-order valence-electron chi connectivity index (χ1n) is 17.9. The second kappa shape index (κ2) is 25.3. The van der Waals surface area contributed by atoms with Crippen molar-refractivity contribution >= 4 is 0 Å². The molecule has 0 radical (unpaired) electrons. The van der Waals surface area contributed by atoms with Crippen LogP contribution in [0.4, 0.5) is 0 Å². The summed E-state index contributed by atoms with van der Waals surface area (Å²) in [5, 5.41) is 0. The molecular weight excluding hydrogens is 488 g/mol. The average Bonchev–Trinajstić information content (AvgIpc) is 3.41. The van der Waals surface area contributed by atoms with Crippen LogP contribution >= 0.6 is 0 Å². The maximum atomic E-state index is 2.59. The fourth-order valence-electron chi connectivity index (χ4n) is 6.39. The number of likely N-dealkylation sites (tertiary alicyclic amines) is 2. The summed E-state index contributed by atoms with van der Waals surface area (Å²) in [5.41, 5.74) is 0. The standard InChI is InChI=1S/C11H23N.C9H19N.C8H17N.C8H19N/c1-10(2)9-12(3)11-7-5-4-6-8-11;1-9(2)8-10-6-4-3-5-7-10;1-8(2)7-9-5-3-4-6-9;1-5-9(6-2)7-8(3)4/h10-11H,4-9H2,1-3H3;9H,3-8H2,1-2H3;8H,3-7H2,1-2H3;8H,5-7H2,1-4H3. The highest BCUT2D eigenvalue weighted by molar-refractivity contribution is 4.74. The SMILES string of the molecule is CC(C)CN(C)C1CCCCC1.CC(C)CN1CCCC1.CC(C)CN1CCCCC1.CCN(CC)CC(C)C. The fraction of sp³-hybridized carbons (Fsp3) is 1.00. The van der Waals surface area contributed by atoms with Crippen LogP contribution in [0.1, 0.15) is 133 Å². The van der Waals surface area contributed by atoms with Gasteiger partial charge in [-0.3, -0.25) is 0 Å². The predicted molar refractivity (Wildman–Crippen MR) is 183 cm³/mol. The van der Waals surface area contributed by atoms with Crippen molar-refractivity contribution in [2.24, 2.45) is 23.7 Å². The van der Waals surface area contributed by atoms with E-state index in [0.717, 1.165) is 29.7 Å². The van der Waals surface area contributed by atoms with E-state index >= 15 is 0 Å². The van der Waals surface area contributed by atoms with Gasteiger partial charge in [0, 0.05) is 32.2 Å². The van der Waals surface area contributed by atoms with Gasteiger partial charge in [-0.25, -0.2) is 0 Å². The molecular formula is C36H78N4. The normalized spacial score (nSPS) is 19.1. The molecule has 1 aliphatic carbocycles. The van der Waals surface area contributed by atoms with Gasteiger partial charge in [-0.1, -0.05) is 94.9 Å². The van der Waals surface area contributed by atoms with Gasteiger partial charge in [-0.05, 0) is 109 Å². The van der Waals surface area contributed by atoms with Gasteiger partial charge in [0.2, 0.25) is 0 Å². The molecule has 3 aliphatic rings. The lowest BCUT2D eigenvalue weighted by Gasteiger charge is -2.32. The molecule has 0 aromatic rings. The molecule has 0 aromatic carbocycles. The van der Waals surface area contributed by atoms with Crippen LogP contribution < -0.4 is 0 Å². The molecule has 0 aromatic heterocycles. The maximum Gasteiger partial charge on any atom is 0.00923 e. The van der Waals surface area contributed by atoms with E-state index in [-0.39, 0.29) is 0 Å². The number of hydrogen-bond acceptors (Lipinski definition) is 4. The molecule has 1 saturated carbocycles. The largest absolute Gasteiger partial charge is 0.304 e. The quantitative estimate of drug-likeness (QED) is 0.248. The van der Waals surface area contributed by atoms with Gasteiger partial charge in [0.05, 0.1) is 0 Å². The fourth-order valence-corrected chi connectivity index (χ4v) is 6.39. The van der Waals surface area contributed by atoms with E-state index in [1.807, 2.05) is 0 Å². The van der Waals surface area contributed by atoms with Crippen LogP contribution in [-0.2, 0) is 0 Å². The van der Waals surface area contributed by atoms with Gasteiger partial charge in [0.1, 0.15) is 0 Å². The third-order valence-corrected chi connectivity index (χ3v) is 8.26. The summed E-state index contributed by atoms with van der Waals surface area (Å²) < 4.78 is 0. The molecule has 40 heavy (non-hydrogen) atoms. The summed E-state index contributed by atoms with van der Waals surface area (Å²) in [6, 6.07) is 0.890. The van der Waals surface area contributed by atoms with Crippen molar-refractivity contribution in [1.29, 1.82) is 0 Å².